The van der Waals surface area contributed by atoms with E-state index in [4.69, 9.17) is 0 Å². The maximum Gasteiger partial charge on any atom is 0.334 e. The average molecular weight is 184 g/mol. The van der Waals surface area contributed by atoms with Crippen LogP contribution in [0.3, 0.4) is 0 Å². The third kappa shape index (κ3) is 1.63. The van der Waals surface area contributed by atoms with E-state index in [9.17, 15) is 14.9 Å². The van der Waals surface area contributed by atoms with Crippen molar-refractivity contribution < 1.29 is 9.72 Å². The number of nitrogens with zero attached hydrogens (tertiary/aromatic N) is 2. The fraction of sp³-hybridized carbons (Fsp3) is 0.333. The number of rotatable bonds is 4. The van der Waals surface area contributed by atoms with Crippen LogP contribution in [-0.2, 0) is 11.2 Å². The predicted molar refractivity (Wildman–Crippen MR) is 44.3 cm³/mol. The van der Waals surface area contributed by atoms with E-state index in [1.807, 2.05) is 0 Å². The minimum atomic E-state index is -0.575. The van der Waals surface area contributed by atoms with E-state index in [2.05, 4.69) is 15.5 Å². The Kier molecular flexibility index (Phi) is 2.58. The van der Waals surface area contributed by atoms with E-state index in [1.54, 1.807) is 6.92 Å². The number of nitro groups is 1. The van der Waals surface area contributed by atoms with Gasteiger partial charge in [-0.2, -0.15) is 0 Å². The number of carbonyl (C=O) groups excluding carboxylic acids is 1. The highest BCUT2D eigenvalue weighted by atomic mass is 16.6. The molecule has 2 N–H and O–H groups in total. The summed E-state index contributed by atoms with van der Waals surface area (Å²) in [4.78, 5) is 20.0. The summed E-state index contributed by atoms with van der Waals surface area (Å²) in [6.07, 6.45) is 0.812. The molecule has 0 unspecified atom stereocenters. The molecule has 1 rings (SSSR count). The molecule has 70 valence electrons. The van der Waals surface area contributed by atoms with Gasteiger partial charge in [0.25, 0.3) is 0 Å². The van der Waals surface area contributed by atoms with Crippen LogP contribution in [0.2, 0.25) is 0 Å². The first-order valence-electron chi connectivity index (χ1n) is 3.62. The lowest BCUT2D eigenvalue weighted by Gasteiger charge is -1.92. The van der Waals surface area contributed by atoms with Crippen molar-refractivity contribution >= 4 is 17.9 Å². The molecule has 0 bridgehead atoms. The second-order valence-electron chi connectivity index (χ2n) is 2.27. The molecule has 0 radical (unpaired) electrons. The lowest BCUT2D eigenvalue weighted by atomic mass is 10.3. The molecular formula is C6H8N4O3. The molecule has 1 aromatic heterocycles. The van der Waals surface area contributed by atoms with Gasteiger partial charge >= 0.3 is 5.69 Å². The Hall–Kier alpha value is -1.92. The molecule has 1 aromatic rings. The highest BCUT2D eigenvalue weighted by molar-refractivity contribution is 5.75. The number of aromatic nitrogens is 2. The number of amides is 1. The molecule has 0 saturated carbocycles. The van der Waals surface area contributed by atoms with Crippen LogP contribution in [0.1, 0.15) is 12.6 Å². The number of nitrogens with one attached hydrogen (secondary N) is 2. The van der Waals surface area contributed by atoms with Gasteiger partial charge in [-0.05, 0) is 6.42 Å². The maximum absolute atomic E-state index is 10.5. The first kappa shape index (κ1) is 9.17. The lowest BCUT2D eigenvalue weighted by molar-refractivity contribution is -0.384. The SMILES string of the molecule is CCc1[nH]nc(NC=O)c1[N+](=O)[O-]. The van der Waals surface area contributed by atoms with Gasteiger partial charge < -0.3 is 5.32 Å². The normalized spacial score (nSPS) is 9.62. The Bertz CT molecular complexity index is 333. The maximum atomic E-state index is 10.5. The van der Waals surface area contributed by atoms with E-state index >= 15 is 0 Å². The summed E-state index contributed by atoms with van der Waals surface area (Å²) in [6, 6.07) is 0. The third-order valence-electron chi connectivity index (χ3n) is 1.54. The van der Waals surface area contributed by atoms with E-state index in [1.165, 1.54) is 0 Å². The van der Waals surface area contributed by atoms with E-state index in [-0.39, 0.29) is 11.5 Å². The lowest BCUT2D eigenvalue weighted by Crippen LogP contribution is -1.99. The van der Waals surface area contributed by atoms with Gasteiger partial charge in [-0.3, -0.25) is 20.0 Å². The summed E-state index contributed by atoms with van der Waals surface area (Å²) in [6.45, 7) is 1.76. The van der Waals surface area contributed by atoms with Crippen LogP contribution in [-0.4, -0.2) is 21.5 Å². The number of hydrogen-bond acceptors (Lipinski definition) is 4. The molecule has 1 heterocycles. The minimum Gasteiger partial charge on any atom is -0.306 e. The summed E-state index contributed by atoms with van der Waals surface area (Å²) in [7, 11) is 0. The zero-order chi connectivity index (χ0) is 9.84. The fourth-order valence-electron chi connectivity index (χ4n) is 0.972. The largest absolute Gasteiger partial charge is 0.334 e. The molecular weight excluding hydrogens is 176 g/mol. The van der Waals surface area contributed by atoms with Crippen LogP contribution in [0.25, 0.3) is 0 Å². The summed E-state index contributed by atoms with van der Waals surface area (Å²) < 4.78 is 0. The summed E-state index contributed by atoms with van der Waals surface area (Å²) >= 11 is 0. The molecule has 7 heteroatoms. The van der Waals surface area contributed by atoms with Gasteiger partial charge in [0.2, 0.25) is 12.2 Å². The first-order chi connectivity index (χ1) is 6.20. The van der Waals surface area contributed by atoms with E-state index in [0.29, 0.717) is 18.5 Å². The molecule has 0 aromatic carbocycles. The molecule has 0 spiro atoms. The molecule has 13 heavy (non-hydrogen) atoms. The standard InChI is InChI=1S/C6H8N4O3/c1-2-4-5(10(12)13)6(7-3-11)9-8-4/h3H,2H2,1H3,(H2,7,8,9,11). The van der Waals surface area contributed by atoms with Gasteiger partial charge in [-0.1, -0.05) is 6.92 Å². The monoisotopic (exact) mass is 184 g/mol. The van der Waals surface area contributed by atoms with Gasteiger partial charge in [-0.15, -0.1) is 5.10 Å². The number of carbonyl (C=O) groups is 1. The smallest absolute Gasteiger partial charge is 0.306 e. The topological polar surface area (TPSA) is 101 Å². The predicted octanol–water partition coefficient (Wildman–Crippen LogP) is 0.449. The highest BCUT2D eigenvalue weighted by Crippen LogP contribution is 2.25. The van der Waals surface area contributed by atoms with Crippen LogP contribution in [0.15, 0.2) is 0 Å². The molecule has 0 aliphatic carbocycles. The van der Waals surface area contributed by atoms with E-state index in [0.717, 1.165) is 0 Å². The second-order valence-corrected chi connectivity index (χ2v) is 2.27. The fourth-order valence-corrected chi connectivity index (χ4v) is 0.972. The number of hydrogen-bond donors (Lipinski definition) is 2. The third-order valence-corrected chi connectivity index (χ3v) is 1.54. The number of H-pyrrole nitrogens is 1. The second kappa shape index (κ2) is 3.65. The van der Waals surface area contributed by atoms with Crippen molar-refractivity contribution in [2.24, 2.45) is 0 Å². The molecule has 0 aliphatic heterocycles. The number of anilines is 1. The van der Waals surface area contributed by atoms with Crippen molar-refractivity contribution in [2.75, 3.05) is 5.32 Å². The van der Waals surface area contributed by atoms with Crippen LogP contribution in [0, 0.1) is 10.1 Å². The average Bonchev–Trinajstić information content (AvgIpc) is 2.48. The molecule has 0 atom stereocenters. The van der Waals surface area contributed by atoms with Gasteiger partial charge in [0.05, 0.1) is 4.92 Å². The van der Waals surface area contributed by atoms with Crippen molar-refractivity contribution in [3.63, 3.8) is 0 Å². The summed E-state index contributed by atoms with van der Waals surface area (Å²) in [5.41, 5.74) is 0.226. The van der Waals surface area contributed by atoms with Crippen molar-refractivity contribution in [1.82, 2.24) is 10.2 Å². The summed E-state index contributed by atoms with van der Waals surface area (Å²) in [5, 5.41) is 18.7. The zero-order valence-corrected chi connectivity index (χ0v) is 6.90. The summed E-state index contributed by atoms with van der Waals surface area (Å²) in [5.74, 6) is -0.0446. The molecule has 0 saturated heterocycles. The Morgan fingerprint density at radius 3 is 2.92 bits per heavy atom. The van der Waals surface area contributed by atoms with Crippen LogP contribution in [0.5, 0.6) is 0 Å². The Morgan fingerprint density at radius 1 is 1.77 bits per heavy atom. The first-order valence-corrected chi connectivity index (χ1v) is 3.62. The van der Waals surface area contributed by atoms with Crippen molar-refractivity contribution in [2.45, 2.75) is 13.3 Å². The highest BCUT2D eigenvalue weighted by Gasteiger charge is 2.22. The molecule has 0 aliphatic rings. The van der Waals surface area contributed by atoms with Gasteiger partial charge in [-0.25, -0.2) is 0 Å². The zero-order valence-electron chi connectivity index (χ0n) is 6.90. The van der Waals surface area contributed by atoms with Gasteiger partial charge in [0, 0.05) is 0 Å². The van der Waals surface area contributed by atoms with Crippen LogP contribution >= 0.6 is 0 Å². The van der Waals surface area contributed by atoms with Crippen LogP contribution in [0.4, 0.5) is 11.5 Å². The van der Waals surface area contributed by atoms with Gasteiger partial charge in [0.15, 0.2) is 0 Å². The minimum absolute atomic E-state index is 0.0446. The number of aryl methyl sites for hydroxylation is 1. The Labute approximate surface area is 73.3 Å². The molecule has 1 amide bonds. The van der Waals surface area contributed by atoms with Crippen LogP contribution < -0.4 is 5.32 Å². The van der Waals surface area contributed by atoms with Crippen molar-refractivity contribution in [1.29, 1.82) is 0 Å². The van der Waals surface area contributed by atoms with Crippen molar-refractivity contribution in [3.05, 3.63) is 15.8 Å². The Morgan fingerprint density at radius 2 is 2.46 bits per heavy atom. The molecule has 7 nitrogen and oxygen atoms in total. The van der Waals surface area contributed by atoms with Gasteiger partial charge in [0.1, 0.15) is 5.69 Å². The van der Waals surface area contributed by atoms with Crippen molar-refractivity contribution in [3.8, 4) is 0 Å². The van der Waals surface area contributed by atoms with E-state index < -0.39 is 4.92 Å². The quantitative estimate of drug-likeness (QED) is 0.403. The molecule has 0 fully saturated rings. The Balaban J connectivity index is 3.13. The number of aromatic amines is 1.